The number of nitrogens with two attached hydrogens (primary N) is 1. The Balaban J connectivity index is 1.50. The summed E-state index contributed by atoms with van der Waals surface area (Å²) in [5.41, 5.74) is 10.2. The second-order valence-electron chi connectivity index (χ2n) is 9.72. The Morgan fingerprint density at radius 3 is 2.73 bits per heavy atom. The third-order valence-electron chi connectivity index (χ3n) is 7.40. The van der Waals surface area contributed by atoms with Gasteiger partial charge in [-0.05, 0) is 63.3 Å². The summed E-state index contributed by atoms with van der Waals surface area (Å²) in [5, 5.41) is 4.01. The van der Waals surface area contributed by atoms with E-state index < -0.39 is 0 Å². The van der Waals surface area contributed by atoms with Gasteiger partial charge in [-0.15, -0.1) is 0 Å². The number of hydrogen-bond acceptors (Lipinski definition) is 6. The van der Waals surface area contributed by atoms with Crippen molar-refractivity contribution in [3.05, 3.63) is 64.6 Å². The number of piperidine rings is 1. The zero-order valence-corrected chi connectivity index (χ0v) is 22.9. The van der Waals surface area contributed by atoms with Gasteiger partial charge in [0.1, 0.15) is 0 Å². The normalized spacial score (nSPS) is 19.9. The number of ether oxygens (including phenoxy) is 1. The largest absolute Gasteiger partial charge is 0.501 e. The van der Waals surface area contributed by atoms with Crippen molar-refractivity contribution in [2.75, 3.05) is 32.1 Å². The molecule has 0 saturated carbocycles. The highest BCUT2D eigenvalue weighted by Gasteiger charge is 2.30. The predicted octanol–water partition coefficient (Wildman–Crippen LogP) is 5.10. The Bertz CT molecular complexity index is 1260. The molecule has 1 aliphatic heterocycles. The number of carbonyl (C=O) groups excluding carboxylic acids is 1. The van der Waals surface area contributed by atoms with Crippen LogP contribution in [-0.2, 0) is 9.53 Å². The lowest BCUT2D eigenvalue weighted by Crippen LogP contribution is -2.43. The van der Waals surface area contributed by atoms with Gasteiger partial charge in [-0.1, -0.05) is 30.2 Å². The van der Waals surface area contributed by atoms with E-state index in [9.17, 15) is 4.79 Å². The van der Waals surface area contributed by atoms with E-state index in [1.807, 2.05) is 48.4 Å². The third kappa shape index (κ3) is 5.91. The molecular weight excluding hydrogens is 488 g/mol. The number of halogens is 1. The molecule has 1 aliphatic carbocycles. The van der Waals surface area contributed by atoms with E-state index in [1.54, 1.807) is 19.5 Å². The molecule has 3 heterocycles. The predicted molar refractivity (Wildman–Crippen MR) is 149 cm³/mol. The number of nitrogens with zero attached hydrogens (tertiary/aromatic N) is 4. The molecule has 4 rings (SSSR count). The molecule has 1 unspecified atom stereocenters. The third-order valence-corrected chi connectivity index (χ3v) is 7.79. The van der Waals surface area contributed by atoms with Crippen molar-refractivity contribution in [3.63, 3.8) is 0 Å². The molecule has 37 heavy (non-hydrogen) atoms. The zero-order valence-electron chi connectivity index (χ0n) is 22.1. The minimum atomic E-state index is -0.121. The number of likely N-dealkylation sites (tertiary alicyclic amines) is 1. The van der Waals surface area contributed by atoms with Crippen LogP contribution in [0.1, 0.15) is 52.1 Å². The number of aromatic nitrogens is 3. The number of carbonyl (C=O) groups is 1. The monoisotopic (exact) mass is 524 g/mol. The van der Waals surface area contributed by atoms with Gasteiger partial charge in [0, 0.05) is 42.6 Å². The van der Waals surface area contributed by atoms with E-state index in [2.05, 4.69) is 21.4 Å². The van der Waals surface area contributed by atoms with Crippen LogP contribution in [0.2, 0.25) is 0 Å². The number of nitrogens with one attached hydrogen (secondary N) is 1. The molecule has 2 aromatic heterocycles. The number of hydrogen-bond donors (Lipinski definition) is 2. The van der Waals surface area contributed by atoms with Crippen LogP contribution in [0, 0.1) is 11.8 Å². The average Bonchev–Trinajstić information content (AvgIpc) is 3.36. The average molecular weight is 525 g/mol. The standard InChI is InChI=1S/C28H37ClN6O2/c1-5-22(37-4)15-24(29)19(3)25-17-32-27-26(31-10-13-35(25)27)33-21-6-7-23(18(2)14-21)28(36)34-11-8-20(16-30)9-12-34/h6,10,13-15,17,20,23H,5,7-9,11-12,16,30H2,1-4H3,(H,31,33)/b22-15+,24-19-. The molecule has 0 aromatic carbocycles. The molecule has 198 valence electrons. The first-order valence-corrected chi connectivity index (χ1v) is 13.3. The number of rotatable bonds is 8. The van der Waals surface area contributed by atoms with E-state index in [4.69, 9.17) is 22.1 Å². The van der Waals surface area contributed by atoms with Gasteiger partial charge in [-0.3, -0.25) is 9.20 Å². The highest BCUT2D eigenvalue weighted by molar-refractivity contribution is 6.34. The number of amides is 1. The van der Waals surface area contributed by atoms with Crippen LogP contribution in [0.5, 0.6) is 0 Å². The Labute approximate surface area is 223 Å². The van der Waals surface area contributed by atoms with Crippen molar-refractivity contribution in [2.45, 2.75) is 46.5 Å². The molecule has 3 N–H and O–H groups in total. The fraction of sp³-hybridized carbons (Fsp3) is 0.464. The van der Waals surface area contributed by atoms with Crippen LogP contribution >= 0.6 is 11.6 Å². The Kier molecular flexibility index (Phi) is 8.71. The summed E-state index contributed by atoms with van der Waals surface area (Å²) < 4.78 is 7.33. The first-order chi connectivity index (χ1) is 17.9. The number of methoxy groups -OCH3 is 1. The van der Waals surface area contributed by atoms with E-state index in [-0.39, 0.29) is 11.8 Å². The molecule has 8 nitrogen and oxygen atoms in total. The molecular formula is C28H37ClN6O2. The maximum absolute atomic E-state index is 13.2. The lowest BCUT2D eigenvalue weighted by atomic mass is 9.88. The Morgan fingerprint density at radius 2 is 2.08 bits per heavy atom. The Morgan fingerprint density at radius 1 is 1.32 bits per heavy atom. The molecule has 9 heteroatoms. The minimum absolute atomic E-state index is 0.121. The summed E-state index contributed by atoms with van der Waals surface area (Å²) in [6, 6.07) is 0. The van der Waals surface area contributed by atoms with E-state index in [0.717, 1.165) is 60.6 Å². The van der Waals surface area contributed by atoms with Crippen LogP contribution in [0.25, 0.3) is 11.2 Å². The molecule has 2 aliphatic rings. The minimum Gasteiger partial charge on any atom is -0.501 e. The fourth-order valence-electron chi connectivity index (χ4n) is 4.93. The van der Waals surface area contributed by atoms with Crippen molar-refractivity contribution in [2.24, 2.45) is 17.6 Å². The summed E-state index contributed by atoms with van der Waals surface area (Å²) in [6.07, 6.45) is 14.8. The van der Waals surface area contributed by atoms with E-state index in [1.165, 1.54) is 0 Å². The van der Waals surface area contributed by atoms with Gasteiger partial charge >= 0.3 is 0 Å². The molecule has 0 bridgehead atoms. The lowest BCUT2D eigenvalue weighted by Gasteiger charge is -2.34. The molecule has 1 atom stereocenters. The Hall–Kier alpha value is -3.10. The lowest BCUT2D eigenvalue weighted by molar-refractivity contribution is -0.135. The second kappa shape index (κ2) is 12.0. The van der Waals surface area contributed by atoms with Crippen LogP contribution in [-0.4, -0.2) is 51.9 Å². The molecule has 1 fully saturated rings. The summed E-state index contributed by atoms with van der Waals surface area (Å²) in [6.45, 7) is 8.31. The molecule has 0 radical (unpaired) electrons. The summed E-state index contributed by atoms with van der Waals surface area (Å²) in [7, 11) is 1.64. The first-order valence-electron chi connectivity index (χ1n) is 12.9. The summed E-state index contributed by atoms with van der Waals surface area (Å²) in [5.74, 6) is 2.08. The number of fused-ring (bicyclic) bond motifs is 1. The number of allylic oxidation sites excluding steroid dienone is 6. The van der Waals surface area contributed by atoms with Gasteiger partial charge in [0.05, 0.1) is 30.7 Å². The SMILES string of the molecule is CC/C(=C\C(Cl)=C(/C)c1cnc2c(NC3=CCC(C(=O)N4CCC(CN)CC4)C(C)=C3)nccn12)OC. The molecule has 2 aromatic rings. The summed E-state index contributed by atoms with van der Waals surface area (Å²) in [4.78, 5) is 24.3. The van der Waals surface area contributed by atoms with Crippen LogP contribution in [0.15, 0.2) is 58.9 Å². The van der Waals surface area contributed by atoms with Crippen LogP contribution in [0.3, 0.4) is 0 Å². The zero-order chi connectivity index (χ0) is 26.5. The molecule has 1 amide bonds. The molecule has 0 spiro atoms. The quantitative estimate of drug-likeness (QED) is 0.368. The van der Waals surface area contributed by atoms with Crippen molar-refractivity contribution >= 4 is 34.5 Å². The maximum atomic E-state index is 13.2. The molecule has 1 saturated heterocycles. The van der Waals surface area contributed by atoms with Gasteiger partial charge in [0.2, 0.25) is 5.91 Å². The van der Waals surface area contributed by atoms with Crippen LogP contribution < -0.4 is 11.1 Å². The van der Waals surface area contributed by atoms with Gasteiger partial charge in [-0.2, -0.15) is 0 Å². The van der Waals surface area contributed by atoms with E-state index >= 15 is 0 Å². The fourth-order valence-corrected chi connectivity index (χ4v) is 5.15. The first kappa shape index (κ1) is 26.9. The number of anilines is 1. The van der Waals surface area contributed by atoms with Gasteiger partial charge in [-0.25, -0.2) is 9.97 Å². The van der Waals surface area contributed by atoms with Crippen molar-refractivity contribution in [1.29, 1.82) is 0 Å². The summed E-state index contributed by atoms with van der Waals surface area (Å²) >= 11 is 6.59. The van der Waals surface area contributed by atoms with Gasteiger partial charge in [0.25, 0.3) is 0 Å². The second-order valence-corrected chi connectivity index (χ2v) is 10.1. The van der Waals surface area contributed by atoms with Crippen molar-refractivity contribution in [1.82, 2.24) is 19.3 Å². The van der Waals surface area contributed by atoms with Crippen LogP contribution in [0.4, 0.5) is 5.82 Å². The van der Waals surface area contributed by atoms with Gasteiger partial charge < -0.3 is 20.7 Å². The van der Waals surface area contributed by atoms with Gasteiger partial charge in [0.15, 0.2) is 11.5 Å². The topological polar surface area (TPSA) is 97.8 Å². The highest BCUT2D eigenvalue weighted by Crippen LogP contribution is 2.30. The maximum Gasteiger partial charge on any atom is 0.230 e. The highest BCUT2D eigenvalue weighted by atomic mass is 35.5. The van der Waals surface area contributed by atoms with E-state index in [0.29, 0.717) is 35.4 Å². The number of imidazole rings is 1. The van der Waals surface area contributed by atoms with Crippen molar-refractivity contribution < 1.29 is 9.53 Å². The van der Waals surface area contributed by atoms with Crippen molar-refractivity contribution in [3.8, 4) is 0 Å². The smallest absolute Gasteiger partial charge is 0.230 e.